The third kappa shape index (κ3) is 5.35. The first kappa shape index (κ1) is 27.9. The quantitative estimate of drug-likeness (QED) is 0.283. The molecule has 0 bridgehead atoms. The summed E-state index contributed by atoms with van der Waals surface area (Å²) >= 11 is -1.33. The average molecular weight is 692 g/mol. The van der Waals surface area contributed by atoms with Crippen molar-refractivity contribution in [1.29, 1.82) is 0 Å². The van der Waals surface area contributed by atoms with Crippen molar-refractivity contribution in [3.05, 3.63) is 58.7 Å². The van der Waals surface area contributed by atoms with Gasteiger partial charge < -0.3 is 0 Å². The second-order valence-electron chi connectivity index (χ2n) is 11.9. The molecule has 0 aliphatic carbocycles. The average Bonchev–Trinajstić information content (AvgIpc) is 2.71. The van der Waals surface area contributed by atoms with Gasteiger partial charge in [0.05, 0.1) is 0 Å². The van der Waals surface area contributed by atoms with E-state index in [9.17, 15) is 0 Å². The Bertz CT molecular complexity index is 885. The molecule has 3 rings (SSSR count). The molecular formula is C28H46BiN2OSi2. The molecule has 0 unspecified atom stereocenters. The number of anilines is 2. The molecule has 0 spiro atoms. The molecule has 1 radical (unpaired) electrons. The van der Waals surface area contributed by atoms with Gasteiger partial charge in [0.1, 0.15) is 0 Å². The first-order chi connectivity index (χ1) is 15.7. The first-order valence-corrected chi connectivity index (χ1v) is 21.8. The van der Waals surface area contributed by atoms with Gasteiger partial charge in [-0.3, -0.25) is 0 Å². The molecule has 0 atom stereocenters. The minimum atomic E-state index is -2.08. The molecule has 2 aromatic rings. The summed E-state index contributed by atoms with van der Waals surface area (Å²) in [7, 11) is -4.16. The van der Waals surface area contributed by atoms with E-state index in [2.05, 4.69) is 123 Å². The zero-order valence-electron chi connectivity index (χ0n) is 23.5. The predicted octanol–water partition coefficient (Wildman–Crippen LogP) is 8.46. The van der Waals surface area contributed by atoms with Crippen molar-refractivity contribution in [3.63, 3.8) is 0 Å². The van der Waals surface area contributed by atoms with Gasteiger partial charge >= 0.3 is 225 Å². The van der Waals surface area contributed by atoms with Gasteiger partial charge in [-0.05, 0) is 0 Å². The van der Waals surface area contributed by atoms with Crippen molar-refractivity contribution in [1.82, 2.24) is 0 Å². The van der Waals surface area contributed by atoms with E-state index in [-0.39, 0.29) is 0 Å². The molecule has 0 saturated carbocycles. The van der Waals surface area contributed by atoms with Crippen LogP contribution in [0.3, 0.4) is 0 Å². The summed E-state index contributed by atoms with van der Waals surface area (Å²) in [5.74, 6) is 1.98. The monoisotopic (exact) mass is 691 g/mol. The van der Waals surface area contributed by atoms with Crippen LogP contribution in [0.2, 0.25) is 26.2 Å². The summed E-state index contributed by atoms with van der Waals surface area (Å²) in [4.78, 5) is 0. The molecule has 0 aromatic heterocycles. The fraction of sp³-hybridized carbons (Fsp3) is 0.571. The van der Waals surface area contributed by atoms with Crippen LogP contribution in [-0.2, 0) is 4.12 Å². The van der Waals surface area contributed by atoms with Gasteiger partial charge in [-0.15, -0.1) is 0 Å². The van der Waals surface area contributed by atoms with E-state index in [1.807, 2.05) is 0 Å². The Kier molecular flexibility index (Phi) is 8.50. The van der Waals surface area contributed by atoms with Gasteiger partial charge in [0, 0.05) is 0 Å². The van der Waals surface area contributed by atoms with Crippen LogP contribution in [0.25, 0.3) is 0 Å². The third-order valence-electron chi connectivity index (χ3n) is 6.81. The number of para-hydroxylation sites is 2. The Morgan fingerprint density at radius 2 is 0.824 bits per heavy atom. The van der Waals surface area contributed by atoms with Crippen LogP contribution in [0, 0.1) is 0 Å². The molecule has 0 N–H and O–H groups in total. The summed E-state index contributed by atoms with van der Waals surface area (Å²) in [5.41, 5.74) is 8.96. The van der Waals surface area contributed by atoms with Gasteiger partial charge in [0.25, 0.3) is 0 Å². The summed E-state index contributed by atoms with van der Waals surface area (Å²) in [6.07, 6.45) is 0. The first-order valence-electron chi connectivity index (χ1n) is 13.0. The Morgan fingerprint density at radius 1 is 0.559 bits per heavy atom. The van der Waals surface area contributed by atoms with E-state index in [4.69, 9.17) is 4.12 Å². The normalized spacial score (nSPS) is 18.0. The SMILES string of the molecule is CC(C)c1cccc(C(C)C)c1[N]1[Bi][N](c2c(C(C)C)cccc2C(C)C)[Si](C)(C)O[Si]1(C)C. The molecule has 187 valence electrons. The van der Waals surface area contributed by atoms with Gasteiger partial charge in [0.15, 0.2) is 0 Å². The van der Waals surface area contributed by atoms with Crippen molar-refractivity contribution in [2.75, 3.05) is 5.02 Å². The van der Waals surface area contributed by atoms with Crippen LogP contribution < -0.4 is 5.02 Å². The molecule has 1 heterocycles. The number of hydrogen-bond donors (Lipinski definition) is 0. The molecule has 6 heteroatoms. The van der Waals surface area contributed by atoms with Crippen molar-refractivity contribution in [2.45, 2.75) is 105 Å². The number of nitrogens with zero attached hydrogens (tertiary/aromatic N) is 2. The Morgan fingerprint density at radius 3 is 1.06 bits per heavy atom. The Hall–Kier alpha value is -0.683. The zero-order valence-corrected chi connectivity index (χ0v) is 29.0. The number of rotatable bonds is 6. The summed E-state index contributed by atoms with van der Waals surface area (Å²) < 4.78 is 13.1. The molecule has 0 amide bonds. The van der Waals surface area contributed by atoms with Crippen molar-refractivity contribution < 1.29 is 4.12 Å². The molecule has 1 aliphatic heterocycles. The summed E-state index contributed by atoms with van der Waals surface area (Å²) in [5, 5.41) is 0. The molecule has 1 fully saturated rings. The van der Waals surface area contributed by atoms with Crippen LogP contribution in [0.5, 0.6) is 0 Å². The van der Waals surface area contributed by atoms with Crippen molar-refractivity contribution in [2.24, 2.45) is 0 Å². The number of hydrogen-bond acceptors (Lipinski definition) is 3. The second-order valence-corrected chi connectivity index (χ2v) is 26.3. The maximum absolute atomic E-state index is 7.31. The standard InChI is InChI=1S/C28H46N2OSi2.Bi/c1-19(2)23-15-13-16-24(20(3)4)27(23)29-32(9,10)31-33(11,12)30-28-25(21(5)6)17-14-18-26(28)22(7)8;/h13-22H,1-12H3;/q-2;+2. The van der Waals surface area contributed by atoms with E-state index in [0.717, 1.165) is 0 Å². The van der Waals surface area contributed by atoms with E-state index in [1.54, 1.807) is 0 Å². The molecular weight excluding hydrogens is 645 g/mol. The topological polar surface area (TPSA) is 15.7 Å². The van der Waals surface area contributed by atoms with Crippen molar-refractivity contribution >= 4 is 52.1 Å². The predicted molar refractivity (Wildman–Crippen MR) is 156 cm³/mol. The summed E-state index contributed by atoms with van der Waals surface area (Å²) in [6, 6.07) is 14.0. The van der Waals surface area contributed by atoms with E-state index in [0.29, 0.717) is 23.7 Å². The van der Waals surface area contributed by atoms with Gasteiger partial charge in [0.2, 0.25) is 0 Å². The Labute approximate surface area is 224 Å². The zero-order chi connectivity index (χ0) is 25.6. The van der Waals surface area contributed by atoms with Gasteiger partial charge in [-0.25, -0.2) is 0 Å². The van der Waals surface area contributed by atoms with Gasteiger partial charge in [-0.2, -0.15) is 0 Å². The van der Waals surface area contributed by atoms with Crippen LogP contribution >= 0.6 is 0 Å². The van der Waals surface area contributed by atoms with Crippen LogP contribution in [-0.4, -0.2) is 40.8 Å². The molecule has 2 aromatic carbocycles. The fourth-order valence-electron chi connectivity index (χ4n) is 5.14. The van der Waals surface area contributed by atoms with Crippen molar-refractivity contribution in [3.8, 4) is 0 Å². The van der Waals surface area contributed by atoms with E-state index >= 15 is 0 Å². The van der Waals surface area contributed by atoms with Crippen LogP contribution in [0.1, 0.15) is 101 Å². The van der Waals surface area contributed by atoms with E-state index < -0.39 is 40.8 Å². The van der Waals surface area contributed by atoms with Crippen LogP contribution in [0.4, 0.5) is 11.4 Å². The molecule has 3 nitrogen and oxygen atoms in total. The number of benzene rings is 2. The van der Waals surface area contributed by atoms with Crippen LogP contribution in [0.15, 0.2) is 36.4 Å². The molecule has 1 aliphatic rings. The molecule has 34 heavy (non-hydrogen) atoms. The van der Waals surface area contributed by atoms with E-state index in [1.165, 1.54) is 33.6 Å². The maximum atomic E-state index is 7.31. The molecule has 1 saturated heterocycles. The minimum absolute atomic E-state index is 0.495. The van der Waals surface area contributed by atoms with Gasteiger partial charge in [-0.1, -0.05) is 0 Å². The fourth-order valence-corrected chi connectivity index (χ4v) is 26.2. The second kappa shape index (κ2) is 10.4. The Balaban J connectivity index is 2.28. The third-order valence-corrected chi connectivity index (χ3v) is 29.0. The summed E-state index contributed by atoms with van der Waals surface area (Å²) in [6.45, 7) is 28.5.